The summed E-state index contributed by atoms with van der Waals surface area (Å²) in [4.78, 5) is 0. The summed E-state index contributed by atoms with van der Waals surface area (Å²) in [7, 11) is 4.12. The normalized spacial score (nSPS) is 53.0. The second-order valence-electron chi connectivity index (χ2n) is 17.4. The summed E-state index contributed by atoms with van der Waals surface area (Å²) in [5.74, 6) is 0.545. The van der Waals surface area contributed by atoms with E-state index < -0.39 is 71.0 Å². The summed E-state index contributed by atoms with van der Waals surface area (Å²) < 4.78 is 79.8. The first kappa shape index (κ1) is 39.6. The van der Waals surface area contributed by atoms with Crippen molar-refractivity contribution in [3.63, 3.8) is 0 Å². The molecule has 9 aliphatic rings. The highest BCUT2D eigenvalue weighted by Gasteiger charge is 2.68. The van der Waals surface area contributed by atoms with Crippen molar-refractivity contribution in [2.45, 2.75) is 146 Å². The van der Waals surface area contributed by atoms with Crippen LogP contribution in [0, 0.1) is 47.3 Å². The van der Waals surface area contributed by atoms with Gasteiger partial charge in [0.15, 0.2) is 0 Å². The second-order valence-corrected chi connectivity index (χ2v) is 27.2. The highest BCUT2D eigenvalue weighted by molar-refractivity contribution is 14.1. The highest BCUT2D eigenvalue weighted by atomic mass is 127. The summed E-state index contributed by atoms with van der Waals surface area (Å²) in [6, 6.07) is 0. The van der Waals surface area contributed by atoms with Crippen molar-refractivity contribution in [2.24, 2.45) is 47.3 Å². The van der Waals surface area contributed by atoms with Gasteiger partial charge in [-0.25, -0.2) is 25.3 Å². The van der Waals surface area contributed by atoms with Crippen LogP contribution in [0.25, 0.3) is 0 Å². The topological polar surface area (TPSA) is 199 Å². The van der Waals surface area contributed by atoms with E-state index in [1.165, 1.54) is 25.7 Å². The van der Waals surface area contributed by atoms with Crippen LogP contribution in [0.4, 0.5) is 0 Å². The van der Waals surface area contributed by atoms with Gasteiger partial charge in [0.05, 0.1) is 49.3 Å². The van der Waals surface area contributed by atoms with Crippen molar-refractivity contribution in [3.8, 4) is 0 Å². The van der Waals surface area contributed by atoms with Gasteiger partial charge in [-0.3, -0.25) is 42.5 Å². The summed E-state index contributed by atoms with van der Waals surface area (Å²) in [5, 5.41) is 25.5. The van der Waals surface area contributed by atoms with Gasteiger partial charge in [-0.1, -0.05) is 61.1 Å². The molecule has 14 nitrogen and oxygen atoms in total. The quantitative estimate of drug-likeness (QED) is 0.116. The van der Waals surface area contributed by atoms with Crippen LogP contribution < -0.4 is 42.5 Å². The van der Waals surface area contributed by atoms with E-state index in [2.05, 4.69) is 42.5 Å². The van der Waals surface area contributed by atoms with Crippen LogP contribution in [0.5, 0.6) is 0 Å². The third kappa shape index (κ3) is 7.07. The van der Waals surface area contributed by atoms with Crippen molar-refractivity contribution in [1.82, 2.24) is 42.5 Å². The standard InChI is InChI=1S/C32H52Cl3IN8O6S3/c33-51(45,46)22-20-19(21(36)23(52(34,47)48)24(22)53(35,49)50)31-42-29-17-11-5-3-9-15(17)27(40-29)38-25-13-7-1-2-8-14(13)26(37-25)39-28-16-10-4-6-12-18(16)30(41-28)43-32(20)44-31/h13-32,37-44H,1-12H2. The summed E-state index contributed by atoms with van der Waals surface area (Å²) >= 11 is 1.96. The minimum atomic E-state index is -4.81. The molecule has 5 saturated heterocycles. The first-order valence-electron chi connectivity index (χ1n) is 19.6. The van der Waals surface area contributed by atoms with E-state index in [9.17, 15) is 25.3 Å². The molecule has 0 aromatic carbocycles. The summed E-state index contributed by atoms with van der Waals surface area (Å²) in [6.45, 7) is 0. The Hall–Kier alpha value is 1.13. The summed E-state index contributed by atoms with van der Waals surface area (Å²) in [5.41, 5.74) is 0. The lowest BCUT2D eigenvalue weighted by molar-refractivity contribution is 0.171. The molecule has 0 radical (unpaired) electrons. The number of halogens is 4. The molecular formula is C32H52Cl3IN8O6S3. The Kier molecular flexibility index (Phi) is 11.0. The minimum absolute atomic E-state index is 0.00495. The van der Waals surface area contributed by atoms with Crippen LogP contribution in [0.3, 0.4) is 0 Å². The van der Waals surface area contributed by atoms with Gasteiger partial charge in [0.1, 0.15) is 15.7 Å². The molecule has 8 bridgehead atoms. The molecule has 4 saturated carbocycles. The van der Waals surface area contributed by atoms with Gasteiger partial charge < -0.3 is 0 Å². The van der Waals surface area contributed by atoms with E-state index in [0.717, 1.165) is 51.4 Å². The lowest BCUT2D eigenvalue weighted by Crippen LogP contribution is -2.66. The number of hydrogen-bond acceptors (Lipinski definition) is 14. The van der Waals surface area contributed by atoms with Crippen molar-refractivity contribution in [1.29, 1.82) is 0 Å². The zero-order valence-electron chi connectivity index (χ0n) is 29.2. The molecule has 5 aliphatic heterocycles. The highest BCUT2D eigenvalue weighted by Crippen LogP contribution is 2.52. The molecule has 9 rings (SSSR count). The molecule has 20 atom stereocenters. The fourth-order valence-corrected chi connectivity index (χ4v) is 24.0. The van der Waals surface area contributed by atoms with Crippen LogP contribution in [0.15, 0.2) is 0 Å². The molecular weight excluding hydrogens is 922 g/mol. The number of fused-ring (bicyclic) bond motifs is 20. The molecule has 5 heterocycles. The second kappa shape index (κ2) is 14.7. The van der Waals surface area contributed by atoms with E-state index in [-0.39, 0.29) is 48.8 Å². The van der Waals surface area contributed by atoms with Gasteiger partial charge in [0, 0.05) is 47.8 Å². The maximum Gasteiger partial charge on any atom is 0.238 e. The smallest absolute Gasteiger partial charge is 0.238 e. The fraction of sp³-hybridized carbons (Fsp3) is 1.00. The zero-order valence-corrected chi connectivity index (χ0v) is 36.1. The Labute approximate surface area is 340 Å². The Morgan fingerprint density at radius 3 is 0.887 bits per heavy atom. The monoisotopic (exact) mass is 972 g/mol. The lowest BCUT2D eigenvalue weighted by atomic mass is 9.76. The fourth-order valence-electron chi connectivity index (χ4n) is 12.9. The maximum atomic E-state index is 13.7. The average molecular weight is 974 g/mol. The van der Waals surface area contributed by atoms with Crippen LogP contribution in [0.1, 0.15) is 77.0 Å². The third-order valence-corrected chi connectivity index (χ3v) is 23.0. The van der Waals surface area contributed by atoms with E-state index in [0.29, 0.717) is 23.7 Å². The molecule has 21 heteroatoms. The number of nitrogens with one attached hydrogen (secondary N) is 8. The van der Waals surface area contributed by atoms with Crippen molar-refractivity contribution >= 4 is 81.8 Å². The number of rotatable bonds is 3. The molecule has 0 amide bonds. The van der Waals surface area contributed by atoms with Gasteiger partial charge >= 0.3 is 0 Å². The molecule has 8 N–H and O–H groups in total. The van der Waals surface area contributed by atoms with Gasteiger partial charge in [0.2, 0.25) is 27.2 Å². The van der Waals surface area contributed by atoms with Crippen LogP contribution in [-0.4, -0.2) is 94.3 Å². The van der Waals surface area contributed by atoms with Crippen LogP contribution in [-0.2, 0) is 27.2 Å². The van der Waals surface area contributed by atoms with E-state index in [1.54, 1.807) is 0 Å². The Morgan fingerprint density at radius 1 is 0.358 bits per heavy atom. The van der Waals surface area contributed by atoms with E-state index >= 15 is 0 Å². The van der Waals surface area contributed by atoms with E-state index in [4.69, 9.17) is 32.0 Å². The predicted octanol–water partition coefficient (Wildman–Crippen LogP) is 1.66. The zero-order chi connectivity index (χ0) is 37.2. The number of hydrogen-bond donors (Lipinski definition) is 8. The van der Waals surface area contributed by atoms with E-state index in [1.807, 2.05) is 22.6 Å². The molecule has 9 fully saturated rings. The molecule has 53 heavy (non-hydrogen) atoms. The Bertz CT molecular complexity index is 1760. The molecule has 0 aromatic heterocycles. The van der Waals surface area contributed by atoms with Gasteiger partial charge in [-0.15, -0.1) is 0 Å². The third-order valence-electron chi connectivity index (χ3n) is 15.0. The van der Waals surface area contributed by atoms with Crippen LogP contribution in [0.2, 0.25) is 0 Å². The van der Waals surface area contributed by atoms with Crippen molar-refractivity contribution < 1.29 is 25.3 Å². The molecule has 302 valence electrons. The summed E-state index contributed by atoms with van der Waals surface area (Å²) in [6.07, 6.45) is 11.9. The average Bonchev–Trinajstić information content (AvgIpc) is 3.82. The number of alkyl halides is 1. The minimum Gasteiger partial charge on any atom is -0.286 e. The lowest BCUT2D eigenvalue weighted by Gasteiger charge is -2.46. The molecule has 0 spiro atoms. The molecule has 0 aromatic rings. The van der Waals surface area contributed by atoms with Gasteiger partial charge in [-0.2, -0.15) is 0 Å². The first-order chi connectivity index (χ1) is 25.1. The largest absolute Gasteiger partial charge is 0.286 e. The molecule has 20 unspecified atom stereocenters. The SMILES string of the molecule is O=S(=O)(Cl)C1C(I)C2C3NC4NC(NC5NC(NC6NC(NC(N3)C2C(S(=O)(=O)Cl)C1S(=O)(=O)Cl)C1CCCCC61)C1CCCCC51)C1CCCCC41. The van der Waals surface area contributed by atoms with Crippen molar-refractivity contribution in [2.75, 3.05) is 0 Å². The van der Waals surface area contributed by atoms with Crippen molar-refractivity contribution in [3.05, 3.63) is 0 Å². The van der Waals surface area contributed by atoms with Gasteiger partial charge in [0.25, 0.3) is 0 Å². The molecule has 4 aliphatic carbocycles. The Morgan fingerprint density at radius 2 is 0.604 bits per heavy atom. The predicted molar refractivity (Wildman–Crippen MR) is 212 cm³/mol. The maximum absolute atomic E-state index is 13.7. The van der Waals surface area contributed by atoms with Crippen LogP contribution >= 0.6 is 54.6 Å². The first-order valence-corrected chi connectivity index (χ1v) is 28.0. The Balaban J connectivity index is 1.15. The van der Waals surface area contributed by atoms with Gasteiger partial charge in [-0.05, 0) is 74.0 Å².